The Bertz CT molecular complexity index is 631. The van der Waals surface area contributed by atoms with Crippen LogP contribution in [0.3, 0.4) is 0 Å². The number of hydrogen-bond acceptors (Lipinski definition) is 2. The molecule has 1 aliphatic carbocycles. The minimum absolute atomic E-state index is 0.0706. The number of carbonyl (C=O) groups is 2. The van der Waals surface area contributed by atoms with Crippen LogP contribution in [0.25, 0.3) is 0 Å². The van der Waals surface area contributed by atoms with E-state index in [2.05, 4.69) is 12.2 Å². The number of nitrogens with one attached hydrogen (secondary N) is 1. The first-order valence-electron chi connectivity index (χ1n) is 8.32. The summed E-state index contributed by atoms with van der Waals surface area (Å²) in [6.07, 6.45) is 2.92. The number of nitrogens with zero attached hydrogens (tertiary/aromatic N) is 1. The van der Waals surface area contributed by atoms with Crippen LogP contribution in [0, 0.1) is 24.7 Å². The van der Waals surface area contributed by atoms with E-state index in [0.717, 1.165) is 30.8 Å². The van der Waals surface area contributed by atoms with Crippen LogP contribution in [-0.4, -0.2) is 29.8 Å². The molecule has 1 saturated heterocycles. The van der Waals surface area contributed by atoms with Crippen molar-refractivity contribution < 1.29 is 9.59 Å². The van der Waals surface area contributed by atoms with Gasteiger partial charge in [-0.3, -0.25) is 9.59 Å². The van der Waals surface area contributed by atoms with Gasteiger partial charge < -0.3 is 10.2 Å². The molecular weight excluding hydrogens is 312 g/mol. The van der Waals surface area contributed by atoms with Gasteiger partial charge in [0.2, 0.25) is 11.8 Å². The van der Waals surface area contributed by atoms with Crippen molar-refractivity contribution in [2.45, 2.75) is 33.1 Å². The summed E-state index contributed by atoms with van der Waals surface area (Å²) in [5, 5.41) is 3.55. The monoisotopic (exact) mass is 334 g/mol. The zero-order chi connectivity index (χ0) is 16.6. The molecule has 3 unspecified atom stereocenters. The molecule has 1 saturated carbocycles. The quantitative estimate of drug-likeness (QED) is 0.920. The second-order valence-corrected chi connectivity index (χ2v) is 7.29. The van der Waals surface area contributed by atoms with Crippen LogP contribution < -0.4 is 5.32 Å². The molecule has 0 radical (unpaired) electrons. The highest BCUT2D eigenvalue weighted by Crippen LogP contribution is 2.41. The Balaban J connectivity index is 1.58. The molecule has 1 heterocycles. The van der Waals surface area contributed by atoms with Gasteiger partial charge in [0.05, 0.1) is 11.8 Å². The predicted molar refractivity (Wildman–Crippen MR) is 91.4 cm³/mol. The van der Waals surface area contributed by atoms with Crippen LogP contribution in [-0.2, 0) is 9.59 Å². The summed E-state index contributed by atoms with van der Waals surface area (Å²) in [5.41, 5.74) is 1.59. The lowest BCUT2D eigenvalue weighted by Gasteiger charge is -2.31. The third-order valence-electron chi connectivity index (χ3n) is 4.94. The van der Waals surface area contributed by atoms with Crippen LogP contribution in [0.1, 0.15) is 31.7 Å². The van der Waals surface area contributed by atoms with Gasteiger partial charge in [0.25, 0.3) is 0 Å². The average Bonchev–Trinajstić information content (AvgIpc) is 3.32. The summed E-state index contributed by atoms with van der Waals surface area (Å²) in [7, 11) is 0. The summed E-state index contributed by atoms with van der Waals surface area (Å²) in [6, 6.07) is 5.45. The Hall–Kier alpha value is -1.55. The van der Waals surface area contributed by atoms with Crippen molar-refractivity contribution in [3.05, 3.63) is 28.8 Å². The van der Waals surface area contributed by atoms with Crippen molar-refractivity contribution in [2.75, 3.05) is 18.4 Å². The van der Waals surface area contributed by atoms with E-state index in [9.17, 15) is 9.59 Å². The third-order valence-corrected chi connectivity index (χ3v) is 5.35. The van der Waals surface area contributed by atoms with Crippen LogP contribution >= 0.6 is 11.6 Å². The van der Waals surface area contributed by atoms with Gasteiger partial charge in [-0.25, -0.2) is 0 Å². The second-order valence-electron chi connectivity index (χ2n) is 6.88. The topological polar surface area (TPSA) is 49.4 Å². The Labute approximate surface area is 142 Å². The average molecular weight is 335 g/mol. The zero-order valence-electron chi connectivity index (χ0n) is 13.6. The largest absolute Gasteiger partial charge is 0.342 e. The highest BCUT2D eigenvalue weighted by atomic mass is 35.5. The van der Waals surface area contributed by atoms with Gasteiger partial charge in [0, 0.05) is 23.8 Å². The Morgan fingerprint density at radius 3 is 2.83 bits per heavy atom. The number of piperidine rings is 1. The molecule has 3 atom stereocenters. The molecule has 2 fully saturated rings. The summed E-state index contributed by atoms with van der Waals surface area (Å²) < 4.78 is 0. The number of hydrogen-bond donors (Lipinski definition) is 1. The number of benzene rings is 1. The molecule has 2 amide bonds. The van der Waals surface area contributed by atoms with Gasteiger partial charge in [-0.1, -0.05) is 24.6 Å². The number of rotatable bonds is 3. The minimum Gasteiger partial charge on any atom is -0.342 e. The van der Waals surface area contributed by atoms with E-state index >= 15 is 0 Å². The van der Waals surface area contributed by atoms with Crippen LogP contribution in [0.15, 0.2) is 18.2 Å². The third kappa shape index (κ3) is 3.52. The maximum absolute atomic E-state index is 12.5. The maximum Gasteiger partial charge on any atom is 0.228 e. The van der Waals surface area contributed by atoms with Crippen LogP contribution in [0.4, 0.5) is 5.69 Å². The number of likely N-dealkylation sites (tertiary alicyclic amines) is 1. The fourth-order valence-electron chi connectivity index (χ4n) is 3.35. The van der Waals surface area contributed by atoms with Gasteiger partial charge >= 0.3 is 0 Å². The van der Waals surface area contributed by atoms with E-state index in [1.807, 2.05) is 24.0 Å². The van der Waals surface area contributed by atoms with Crippen molar-refractivity contribution in [3.63, 3.8) is 0 Å². The molecule has 23 heavy (non-hydrogen) atoms. The zero-order valence-corrected chi connectivity index (χ0v) is 14.4. The minimum atomic E-state index is -0.196. The molecule has 1 aliphatic heterocycles. The molecule has 0 bridgehead atoms. The fourth-order valence-corrected chi connectivity index (χ4v) is 3.52. The molecular formula is C18H23ClN2O2. The summed E-state index contributed by atoms with van der Waals surface area (Å²) in [6.45, 7) is 5.72. The molecule has 1 aromatic carbocycles. The lowest BCUT2D eigenvalue weighted by molar-refractivity contribution is -0.135. The van der Waals surface area contributed by atoms with E-state index in [1.54, 1.807) is 6.07 Å². The second kappa shape index (κ2) is 6.52. The van der Waals surface area contributed by atoms with E-state index in [-0.39, 0.29) is 23.7 Å². The Kier molecular flexibility index (Phi) is 4.62. The Morgan fingerprint density at radius 2 is 2.09 bits per heavy atom. The number of carbonyl (C=O) groups excluding carboxylic acids is 2. The number of amides is 2. The van der Waals surface area contributed by atoms with Gasteiger partial charge in [-0.15, -0.1) is 0 Å². The van der Waals surface area contributed by atoms with Crippen molar-refractivity contribution in [2.24, 2.45) is 17.8 Å². The highest BCUT2D eigenvalue weighted by Gasteiger charge is 2.49. The van der Waals surface area contributed by atoms with Crippen LogP contribution in [0.5, 0.6) is 0 Å². The number of anilines is 1. The molecule has 2 aliphatic rings. The smallest absolute Gasteiger partial charge is 0.228 e. The maximum atomic E-state index is 12.5. The van der Waals surface area contributed by atoms with E-state index in [4.69, 9.17) is 11.6 Å². The molecule has 1 aromatic rings. The fraction of sp³-hybridized carbons (Fsp3) is 0.556. The van der Waals surface area contributed by atoms with Crippen molar-refractivity contribution in [1.82, 2.24) is 4.90 Å². The van der Waals surface area contributed by atoms with Crippen molar-refractivity contribution >= 4 is 29.1 Å². The summed E-state index contributed by atoms with van der Waals surface area (Å²) in [5.74, 6) is 0.309. The summed E-state index contributed by atoms with van der Waals surface area (Å²) in [4.78, 5) is 26.8. The lowest BCUT2D eigenvalue weighted by atomic mass is 10.00. The molecule has 124 valence electrons. The molecule has 0 spiro atoms. The first kappa shape index (κ1) is 16.3. The molecule has 5 heteroatoms. The molecule has 1 N–H and O–H groups in total. The highest BCUT2D eigenvalue weighted by molar-refractivity contribution is 6.31. The Morgan fingerprint density at radius 1 is 1.30 bits per heavy atom. The predicted octanol–water partition coefficient (Wildman–Crippen LogP) is 3.48. The van der Waals surface area contributed by atoms with Crippen molar-refractivity contribution in [1.29, 1.82) is 0 Å². The van der Waals surface area contributed by atoms with E-state index in [0.29, 0.717) is 17.4 Å². The number of halogens is 1. The lowest BCUT2D eigenvalue weighted by Crippen LogP contribution is -2.40. The SMILES string of the molecule is Cc1c(Cl)cccc1NC(=O)C1CC1C(=O)N1CCCC(C)C1. The first-order chi connectivity index (χ1) is 11.0. The summed E-state index contributed by atoms with van der Waals surface area (Å²) >= 11 is 6.07. The van der Waals surface area contributed by atoms with Gasteiger partial charge in [0.15, 0.2) is 0 Å². The standard InChI is InChI=1S/C18H23ClN2O2/c1-11-5-4-8-21(10-11)18(23)14-9-13(14)17(22)20-16-7-3-6-15(19)12(16)2/h3,6-7,11,13-14H,4-5,8-10H2,1-2H3,(H,20,22). The van der Waals surface area contributed by atoms with Crippen LogP contribution in [0.2, 0.25) is 5.02 Å². The van der Waals surface area contributed by atoms with Gasteiger partial charge in [-0.2, -0.15) is 0 Å². The van der Waals surface area contributed by atoms with Gasteiger partial charge in [0.1, 0.15) is 0 Å². The molecule has 3 rings (SSSR count). The first-order valence-corrected chi connectivity index (χ1v) is 8.70. The van der Waals surface area contributed by atoms with Crippen molar-refractivity contribution in [3.8, 4) is 0 Å². The van der Waals surface area contributed by atoms with E-state index < -0.39 is 0 Å². The molecule has 0 aromatic heterocycles. The molecule has 4 nitrogen and oxygen atoms in total. The van der Waals surface area contributed by atoms with Gasteiger partial charge in [-0.05, 0) is 49.8 Å². The van der Waals surface area contributed by atoms with E-state index in [1.165, 1.54) is 6.42 Å². The normalized spacial score (nSPS) is 26.7.